The molecule has 0 unspecified atom stereocenters. The van der Waals surface area contributed by atoms with Crippen LogP contribution in [0.15, 0.2) is 52.3 Å². The highest BCUT2D eigenvalue weighted by molar-refractivity contribution is 6.36. The fourth-order valence-corrected chi connectivity index (χ4v) is 3.68. The molecule has 0 saturated heterocycles. The van der Waals surface area contributed by atoms with Crippen LogP contribution in [0, 0.1) is 0 Å². The lowest BCUT2D eigenvalue weighted by molar-refractivity contribution is 0.576. The summed E-state index contributed by atoms with van der Waals surface area (Å²) in [5.41, 5.74) is 2.70. The number of benzene rings is 2. The number of aliphatic imine (C=N–C) groups is 1. The maximum absolute atomic E-state index is 12.9. The van der Waals surface area contributed by atoms with Crippen LogP contribution in [-0.2, 0) is 13.1 Å². The third-order valence-electron chi connectivity index (χ3n) is 4.37. The Kier molecular flexibility index (Phi) is 5.08. The van der Waals surface area contributed by atoms with Crippen molar-refractivity contribution in [2.45, 2.75) is 19.5 Å². The van der Waals surface area contributed by atoms with E-state index in [4.69, 9.17) is 39.8 Å². The SMILES string of the molecule is O=c1n(CCCCl)nc2n1-c1ccc(Cl)cc1C(c1ccccc1Cl)=NC2. The van der Waals surface area contributed by atoms with E-state index in [9.17, 15) is 4.79 Å². The number of alkyl halides is 1. The van der Waals surface area contributed by atoms with Crippen molar-refractivity contribution in [3.63, 3.8) is 0 Å². The van der Waals surface area contributed by atoms with Crippen molar-refractivity contribution in [3.8, 4) is 5.69 Å². The molecule has 2 heterocycles. The van der Waals surface area contributed by atoms with Gasteiger partial charge in [0.05, 0.1) is 11.4 Å². The van der Waals surface area contributed by atoms with Crippen LogP contribution < -0.4 is 5.69 Å². The van der Waals surface area contributed by atoms with E-state index in [1.165, 1.54) is 4.68 Å². The summed E-state index contributed by atoms with van der Waals surface area (Å²) in [7, 11) is 0. The molecule has 5 nitrogen and oxygen atoms in total. The van der Waals surface area contributed by atoms with Crippen LogP contribution in [0.25, 0.3) is 5.69 Å². The number of fused-ring (bicyclic) bond motifs is 3. The largest absolute Gasteiger partial charge is 0.350 e. The number of nitrogens with zero attached hydrogens (tertiary/aromatic N) is 4. The van der Waals surface area contributed by atoms with E-state index < -0.39 is 0 Å². The average molecular weight is 422 g/mol. The summed E-state index contributed by atoms with van der Waals surface area (Å²) < 4.78 is 3.03. The highest BCUT2D eigenvalue weighted by Crippen LogP contribution is 2.28. The Hall–Kier alpha value is -2.08. The van der Waals surface area contributed by atoms with Gasteiger partial charge in [0.25, 0.3) is 0 Å². The molecule has 0 bridgehead atoms. The Morgan fingerprint density at radius 1 is 1.07 bits per heavy atom. The van der Waals surface area contributed by atoms with Crippen LogP contribution in [0.5, 0.6) is 0 Å². The van der Waals surface area contributed by atoms with Crippen molar-refractivity contribution < 1.29 is 0 Å². The van der Waals surface area contributed by atoms with Gasteiger partial charge in [0.2, 0.25) is 0 Å². The normalized spacial score (nSPS) is 12.9. The average Bonchev–Trinajstić information content (AvgIpc) is 2.88. The highest BCUT2D eigenvalue weighted by atomic mass is 35.5. The second kappa shape index (κ2) is 7.50. The zero-order valence-corrected chi connectivity index (χ0v) is 16.5. The number of aryl methyl sites for hydroxylation is 1. The van der Waals surface area contributed by atoms with Crippen molar-refractivity contribution in [2.75, 3.05) is 5.88 Å². The molecular weight excluding hydrogens is 407 g/mol. The monoisotopic (exact) mass is 420 g/mol. The first-order valence-corrected chi connectivity index (χ1v) is 9.73. The van der Waals surface area contributed by atoms with Gasteiger partial charge < -0.3 is 0 Å². The zero-order valence-electron chi connectivity index (χ0n) is 14.2. The molecule has 0 amide bonds. The molecule has 2 aromatic carbocycles. The van der Waals surface area contributed by atoms with Gasteiger partial charge in [-0.3, -0.25) is 4.99 Å². The van der Waals surface area contributed by atoms with Gasteiger partial charge in [-0.1, -0.05) is 41.4 Å². The van der Waals surface area contributed by atoms with Crippen molar-refractivity contribution in [1.82, 2.24) is 14.3 Å². The second-order valence-electron chi connectivity index (χ2n) is 6.11. The molecule has 0 spiro atoms. The van der Waals surface area contributed by atoms with Crippen molar-refractivity contribution in [3.05, 3.63) is 79.9 Å². The second-order valence-corrected chi connectivity index (χ2v) is 7.33. The lowest BCUT2D eigenvalue weighted by Crippen LogP contribution is -2.25. The number of halogens is 3. The van der Waals surface area contributed by atoms with Gasteiger partial charge in [-0.15, -0.1) is 11.6 Å². The summed E-state index contributed by atoms with van der Waals surface area (Å²) in [5.74, 6) is 1.04. The molecular formula is C19H15Cl3N4O. The Bertz CT molecular complexity index is 1100. The van der Waals surface area contributed by atoms with E-state index in [1.54, 1.807) is 16.7 Å². The first-order chi connectivity index (χ1) is 13.1. The van der Waals surface area contributed by atoms with E-state index in [1.807, 2.05) is 30.3 Å². The quantitative estimate of drug-likeness (QED) is 0.589. The molecule has 0 fully saturated rings. The van der Waals surface area contributed by atoms with Crippen molar-refractivity contribution in [1.29, 1.82) is 0 Å². The van der Waals surface area contributed by atoms with E-state index in [-0.39, 0.29) is 12.2 Å². The lowest BCUT2D eigenvalue weighted by Gasteiger charge is -2.12. The first-order valence-electron chi connectivity index (χ1n) is 8.44. The van der Waals surface area contributed by atoms with Gasteiger partial charge in [0, 0.05) is 33.6 Å². The van der Waals surface area contributed by atoms with Crippen LogP contribution in [-0.4, -0.2) is 25.9 Å². The lowest BCUT2D eigenvalue weighted by atomic mass is 10.0. The van der Waals surface area contributed by atoms with Crippen LogP contribution in [0.3, 0.4) is 0 Å². The summed E-state index contributed by atoms with van der Waals surface area (Å²) in [6.45, 7) is 0.725. The van der Waals surface area contributed by atoms with Crippen LogP contribution >= 0.6 is 34.8 Å². The fraction of sp³-hybridized carbons (Fsp3) is 0.211. The van der Waals surface area contributed by atoms with Gasteiger partial charge in [0.15, 0.2) is 5.82 Å². The minimum atomic E-state index is -0.214. The molecule has 1 aliphatic heterocycles. The van der Waals surface area contributed by atoms with Gasteiger partial charge in [0.1, 0.15) is 6.54 Å². The predicted octanol–water partition coefficient (Wildman–Crippen LogP) is 4.32. The van der Waals surface area contributed by atoms with Crippen LogP contribution in [0.2, 0.25) is 10.0 Å². The van der Waals surface area contributed by atoms with Crippen molar-refractivity contribution >= 4 is 40.5 Å². The number of aromatic nitrogens is 3. The minimum Gasteiger partial charge on any atom is -0.276 e. The van der Waals surface area contributed by atoms with E-state index in [0.29, 0.717) is 46.1 Å². The fourth-order valence-electron chi connectivity index (χ4n) is 3.16. The third-order valence-corrected chi connectivity index (χ3v) is 5.20. The van der Waals surface area contributed by atoms with Gasteiger partial charge in [-0.05, 0) is 30.7 Å². The Morgan fingerprint density at radius 2 is 1.89 bits per heavy atom. The maximum atomic E-state index is 12.9. The number of rotatable bonds is 4. The number of hydrogen-bond acceptors (Lipinski definition) is 3. The molecule has 0 N–H and O–H groups in total. The molecule has 138 valence electrons. The molecule has 3 aromatic rings. The van der Waals surface area contributed by atoms with Gasteiger partial charge in [-0.25, -0.2) is 14.0 Å². The molecule has 4 rings (SSSR count). The minimum absolute atomic E-state index is 0.214. The zero-order chi connectivity index (χ0) is 19.0. The maximum Gasteiger partial charge on any atom is 0.350 e. The summed E-state index contributed by atoms with van der Waals surface area (Å²) in [6.07, 6.45) is 0.666. The molecule has 0 radical (unpaired) electrons. The van der Waals surface area contributed by atoms with E-state index >= 15 is 0 Å². The Balaban J connectivity index is 1.94. The predicted molar refractivity (Wildman–Crippen MR) is 109 cm³/mol. The highest BCUT2D eigenvalue weighted by Gasteiger charge is 2.24. The van der Waals surface area contributed by atoms with Crippen LogP contribution in [0.4, 0.5) is 0 Å². The van der Waals surface area contributed by atoms with Gasteiger partial charge in [-0.2, -0.15) is 5.10 Å². The third kappa shape index (κ3) is 3.31. The smallest absolute Gasteiger partial charge is 0.276 e. The Labute approximate surface area is 170 Å². The summed E-state index contributed by atoms with van der Waals surface area (Å²) >= 11 is 18.4. The number of hydrogen-bond donors (Lipinski definition) is 0. The topological polar surface area (TPSA) is 52.2 Å². The summed E-state index contributed by atoms with van der Waals surface area (Å²) in [4.78, 5) is 17.7. The molecule has 1 aliphatic rings. The summed E-state index contributed by atoms with van der Waals surface area (Å²) in [6, 6.07) is 12.8. The molecule has 0 atom stereocenters. The van der Waals surface area contributed by atoms with Gasteiger partial charge >= 0.3 is 5.69 Å². The summed E-state index contributed by atoms with van der Waals surface area (Å²) in [5, 5.41) is 5.59. The van der Waals surface area contributed by atoms with E-state index in [0.717, 1.165) is 11.1 Å². The molecule has 8 heteroatoms. The molecule has 1 aromatic heterocycles. The van der Waals surface area contributed by atoms with Crippen LogP contribution in [0.1, 0.15) is 23.4 Å². The molecule has 0 saturated carbocycles. The first kappa shape index (κ1) is 18.3. The molecule has 0 aliphatic carbocycles. The Morgan fingerprint density at radius 3 is 2.67 bits per heavy atom. The van der Waals surface area contributed by atoms with E-state index in [2.05, 4.69) is 5.10 Å². The standard InChI is InChI=1S/C19H15Cl3N4O/c20-8-3-9-25-19(27)26-16-7-6-12(21)10-14(16)18(23-11-17(26)24-25)13-4-1-2-5-15(13)22/h1-2,4-7,10H,3,8-9,11H2. The molecule has 27 heavy (non-hydrogen) atoms. The van der Waals surface area contributed by atoms with Crippen molar-refractivity contribution in [2.24, 2.45) is 4.99 Å².